The number of hydrogen-bond donors (Lipinski definition) is 1. The Labute approximate surface area is 192 Å². The summed E-state index contributed by atoms with van der Waals surface area (Å²) in [6.07, 6.45) is 6.57. The molecule has 2 heterocycles. The van der Waals surface area contributed by atoms with E-state index in [1.807, 2.05) is 42.5 Å². The average molecular weight is 453 g/mol. The predicted octanol–water partition coefficient (Wildman–Crippen LogP) is 5.46. The Hall–Kier alpha value is -3.09. The Balaban J connectivity index is 1.67. The summed E-state index contributed by atoms with van der Waals surface area (Å²) in [5.74, 6) is 0.590. The average Bonchev–Trinajstić information content (AvgIpc) is 3.40. The number of imidazole rings is 1. The zero-order valence-electron chi connectivity index (χ0n) is 17.9. The van der Waals surface area contributed by atoms with E-state index >= 15 is 0 Å². The zero-order valence-corrected chi connectivity index (χ0v) is 18.6. The van der Waals surface area contributed by atoms with E-state index in [0.29, 0.717) is 23.9 Å². The van der Waals surface area contributed by atoms with Crippen LogP contribution in [0.25, 0.3) is 6.08 Å². The van der Waals surface area contributed by atoms with Gasteiger partial charge in [-0.2, -0.15) is 4.89 Å². The molecule has 0 saturated carbocycles. The fourth-order valence-electron chi connectivity index (χ4n) is 3.71. The molecule has 1 N–H and O–H groups in total. The van der Waals surface area contributed by atoms with Gasteiger partial charge in [-0.25, -0.2) is 9.78 Å². The number of halogens is 1. The number of benzene rings is 2. The monoisotopic (exact) mass is 452 g/mol. The molecule has 0 fully saturated rings. The van der Waals surface area contributed by atoms with E-state index in [1.165, 1.54) is 0 Å². The number of aromatic nitrogens is 2. The first-order valence-electron chi connectivity index (χ1n) is 10.7. The van der Waals surface area contributed by atoms with Crippen LogP contribution in [-0.2, 0) is 35.7 Å². The molecule has 2 aromatic carbocycles. The number of carbonyl (C=O) groups is 1. The highest BCUT2D eigenvalue weighted by Gasteiger charge is 2.17. The maximum atomic E-state index is 12.1. The highest BCUT2D eigenvalue weighted by Crippen LogP contribution is 2.28. The molecule has 1 aromatic heterocycles. The van der Waals surface area contributed by atoms with Crippen LogP contribution in [0.15, 0.2) is 54.2 Å². The van der Waals surface area contributed by atoms with Crippen LogP contribution in [-0.4, -0.2) is 20.6 Å². The summed E-state index contributed by atoms with van der Waals surface area (Å²) in [5, 5.41) is 10.6. The third-order valence-corrected chi connectivity index (χ3v) is 5.86. The molecule has 0 saturated heterocycles. The van der Waals surface area contributed by atoms with Crippen molar-refractivity contribution in [1.29, 1.82) is 0 Å². The van der Waals surface area contributed by atoms with Crippen LogP contribution in [0.5, 0.6) is 5.75 Å². The Morgan fingerprint density at radius 2 is 2.12 bits per heavy atom. The second-order valence-corrected chi connectivity index (χ2v) is 8.23. The fraction of sp³-hybridized carbons (Fsp3) is 0.280. The first-order valence-corrected chi connectivity index (χ1v) is 11.1. The lowest BCUT2D eigenvalue weighted by Crippen LogP contribution is -2.09. The van der Waals surface area contributed by atoms with Gasteiger partial charge in [0.05, 0.1) is 18.4 Å². The van der Waals surface area contributed by atoms with E-state index in [1.54, 1.807) is 12.3 Å². The van der Waals surface area contributed by atoms with Gasteiger partial charge in [0.25, 0.3) is 0 Å². The summed E-state index contributed by atoms with van der Waals surface area (Å²) in [6, 6.07) is 13.3. The Morgan fingerprint density at radius 3 is 2.91 bits per heavy atom. The van der Waals surface area contributed by atoms with Crippen molar-refractivity contribution in [1.82, 2.24) is 9.55 Å². The van der Waals surface area contributed by atoms with Crippen molar-refractivity contribution in [2.75, 3.05) is 0 Å². The third-order valence-electron chi connectivity index (χ3n) is 5.50. The number of nitrogens with zero attached hydrogens (tertiary/aromatic N) is 2. The molecule has 0 radical (unpaired) electrons. The van der Waals surface area contributed by atoms with Gasteiger partial charge in [-0.05, 0) is 35.8 Å². The SMILES string of the molecule is CCCCc1ncc(/C=C(\Cc2ccc3c(c2)OOC3)C(=O)O)n1Cc1ccccc1Cl. The lowest BCUT2D eigenvalue weighted by Gasteiger charge is -2.12. The van der Waals surface area contributed by atoms with Gasteiger partial charge < -0.3 is 14.6 Å². The molecule has 4 rings (SSSR count). The molecule has 3 aromatic rings. The van der Waals surface area contributed by atoms with Gasteiger partial charge in [0, 0.05) is 29.0 Å². The highest BCUT2D eigenvalue weighted by molar-refractivity contribution is 6.31. The van der Waals surface area contributed by atoms with Crippen LogP contribution in [0.2, 0.25) is 5.02 Å². The van der Waals surface area contributed by atoms with Crippen molar-refractivity contribution >= 4 is 23.6 Å². The molecule has 1 aliphatic rings. The molecule has 166 valence electrons. The van der Waals surface area contributed by atoms with E-state index < -0.39 is 5.97 Å². The molecule has 0 unspecified atom stereocenters. The summed E-state index contributed by atoms with van der Waals surface area (Å²) in [5.41, 5.74) is 3.77. The number of unbranched alkanes of at least 4 members (excludes halogenated alkanes) is 1. The largest absolute Gasteiger partial charge is 0.478 e. The maximum absolute atomic E-state index is 12.1. The lowest BCUT2D eigenvalue weighted by molar-refractivity contribution is -0.194. The van der Waals surface area contributed by atoms with E-state index in [2.05, 4.69) is 16.5 Å². The second kappa shape index (κ2) is 10.0. The first kappa shape index (κ1) is 22.1. The van der Waals surface area contributed by atoms with Crippen LogP contribution in [0.4, 0.5) is 0 Å². The van der Waals surface area contributed by atoms with Crippen molar-refractivity contribution < 1.29 is 19.7 Å². The van der Waals surface area contributed by atoms with Crippen LogP contribution in [0, 0.1) is 0 Å². The second-order valence-electron chi connectivity index (χ2n) is 7.82. The minimum Gasteiger partial charge on any atom is -0.478 e. The quantitative estimate of drug-likeness (QED) is 0.344. The standard InChI is InChI=1S/C25H25ClN2O4/c1-2-3-8-24-27-14-21(28(24)15-18-6-4-5-7-22(18)26)13-20(25(29)30)11-17-9-10-19-16-31-32-23(19)12-17/h4-7,9-10,12-14H,2-3,8,11,15-16H2,1H3,(H,29,30)/b20-13+. The first-order chi connectivity index (χ1) is 15.5. The molecule has 0 spiro atoms. The van der Waals surface area contributed by atoms with Crippen molar-refractivity contribution in [2.45, 2.75) is 45.8 Å². The van der Waals surface area contributed by atoms with Crippen LogP contribution >= 0.6 is 11.6 Å². The van der Waals surface area contributed by atoms with Gasteiger partial charge in [-0.15, -0.1) is 0 Å². The van der Waals surface area contributed by atoms with Crippen LogP contribution in [0.3, 0.4) is 0 Å². The van der Waals surface area contributed by atoms with Gasteiger partial charge in [0.15, 0.2) is 5.75 Å². The number of aliphatic carboxylic acids is 1. The van der Waals surface area contributed by atoms with E-state index in [9.17, 15) is 9.90 Å². The normalized spacial score (nSPS) is 13.1. The van der Waals surface area contributed by atoms with Gasteiger partial charge in [0.1, 0.15) is 12.4 Å². The summed E-state index contributed by atoms with van der Waals surface area (Å²) in [4.78, 5) is 26.8. The molecule has 0 bridgehead atoms. The van der Waals surface area contributed by atoms with Gasteiger partial charge in [-0.1, -0.05) is 55.3 Å². The maximum Gasteiger partial charge on any atom is 0.331 e. The fourth-order valence-corrected chi connectivity index (χ4v) is 3.90. The summed E-state index contributed by atoms with van der Waals surface area (Å²) in [7, 11) is 0. The summed E-state index contributed by atoms with van der Waals surface area (Å²) >= 11 is 6.39. The topological polar surface area (TPSA) is 73.6 Å². The lowest BCUT2D eigenvalue weighted by atomic mass is 10.0. The molecule has 6 nitrogen and oxygen atoms in total. The molecule has 1 aliphatic heterocycles. The minimum atomic E-state index is -0.969. The molecule has 7 heteroatoms. The zero-order chi connectivity index (χ0) is 22.5. The molecule has 0 aliphatic carbocycles. The van der Waals surface area contributed by atoms with E-state index in [4.69, 9.17) is 21.4 Å². The number of rotatable bonds is 9. The molecular weight excluding hydrogens is 428 g/mol. The smallest absolute Gasteiger partial charge is 0.331 e. The Kier molecular flexibility index (Phi) is 6.93. The van der Waals surface area contributed by atoms with Crippen molar-refractivity contribution in [2.24, 2.45) is 0 Å². The minimum absolute atomic E-state index is 0.257. The number of fused-ring (bicyclic) bond motifs is 1. The van der Waals surface area contributed by atoms with Gasteiger partial charge in [0.2, 0.25) is 0 Å². The third kappa shape index (κ3) is 5.03. The Bertz CT molecular complexity index is 1150. The molecular formula is C25H25ClN2O4. The van der Waals surface area contributed by atoms with E-state index in [0.717, 1.165) is 47.5 Å². The molecule has 0 atom stereocenters. The summed E-state index contributed by atoms with van der Waals surface area (Å²) in [6.45, 7) is 3.07. The predicted molar refractivity (Wildman–Crippen MR) is 123 cm³/mol. The molecule has 0 amide bonds. The summed E-state index contributed by atoms with van der Waals surface area (Å²) < 4.78 is 2.06. The van der Waals surface area contributed by atoms with Crippen molar-refractivity contribution in [3.63, 3.8) is 0 Å². The highest BCUT2D eigenvalue weighted by atomic mass is 35.5. The number of aryl methyl sites for hydroxylation is 1. The van der Waals surface area contributed by atoms with Crippen LogP contribution in [0.1, 0.15) is 48.0 Å². The van der Waals surface area contributed by atoms with Gasteiger partial charge >= 0.3 is 5.97 Å². The van der Waals surface area contributed by atoms with Crippen LogP contribution < -0.4 is 4.89 Å². The Morgan fingerprint density at radius 1 is 1.28 bits per heavy atom. The molecule has 32 heavy (non-hydrogen) atoms. The number of carboxylic acid groups (broad SMARTS) is 1. The van der Waals surface area contributed by atoms with Gasteiger partial charge in [-0.3, -0.25) is 0 Å². The number of carboxylic acids is 1. The van der Waals surface area contributed by atoms with E-state index in [-0.39, 0.29) is 12.0 Å². The van der Waals surface area contributed by atoms with Crippen molar-refractivity contribution in [3.05, 3.63) is 87.5 Å². The number of hydrogen-bond acceptors (Lipinski definition) is 4. The van der Waals surface area contributed by atoms with Crippen molar-refractivity contribution in [3.8, 4) is 5.75 Å².